The predicted molar refractivity (Wildman–Crippen MR) is 74.5 cm³/mol. The van der Waals surface area contributed by atoms with E-state index in [2.05, 4.69) is 5.32 Å². The van der Waals surface area contributed by atoms with E-state index in [0.29, 0.717) is 12.2 Å². The third-order valence-electron chi connectivity index (χ3n) is 3.23. The molecule has 2 rings (SSSR count). The van der Waals surface area contributed by atoms with Crippen LogP contribution in [0.5, 0.6) is 0 Å². The van der Waals surface area contributed by atoms with Crippen molar-refractivity contribution in [1.29, 1.82) is 0 Å². The number of carbonyl (C=O) groups is 1. The summed E-state index contributed by atoms with van der Waals surface area (Å²) in [5.41, 5.74) is 0.315. The van der Waals surface area contributed by atoms with Gasteiger partial charge in [-0.3, -0.25) is 4.79 Å². The molecule has 8 heteroatoms. The summed E-state index contributed by atoms with van der Waals surface area (Å²) in [7, 11) is 3.06. The van der Waals surface area contributed by atoms with Gasteiger partial charge in [-0.25, -0.2) is 8.42 Å². The molecule has 112 valence electrons. The molecule has 0 aromatic carbocycles. The van der Waals surface area contributed by atoms with Gasteiger partial charge in [-0.2, -0.15) is 0 Å². The highest BCUT2D eigenvalue weighted by molar-refractivity contribution is 8.13. The quantitative estimate of drug-likeness (QED) is 0.806. The lowest BCUT2D eigenvalue weighted by atomic mass is 10.3. The van der Waals surface area contributed by atoms with Crippen LogP contribution < -0.4 is 5.32 Å². The van der Waals surface area contributed by atoms with E-state index in [1.165, 1.54) is 12.3 Å². The molecular formula is C12H17ClN2O4S. The zero-order chi connectivity index (χ0) is 14.9. The van der Waals surface area contributed by atoms with Crippen molar-refractivity contribution in [3.63, 3.8) is 0 Å². The second-order valence-electron chi connectivity index (χ2n) is 4.89. The second kappa shape index (κ2) is 5.75. The Morgan fingerprint density at radius 1 is 1.60 bits per heavy atom. The molecule has 1 amide bonds. The Bertz CT molecular complexity index is 607. The monoisotopic (exact) mass is 320 g/mol. The van der Waals surface area contributed by atoms with Gasteiger partial charge < -0.3 is 14.6 Å². The molecule has 1 aromatic rings. The molecule has 1 fully saturated rings. The van der Waals surface area contributed by atoms with Crippen LogP contribution in [-0.4, -0.2) is 38.7 Å². The van der Waals surface area contributed by atoms with E-state index in [4.69, 9.17) is 15.4 Å². The number of hydrogen-bond acceptors (Lipinski definition) is 4. The van der Waals surface area contributed by atoms with E-state index < -0.39 is 9.05 Å². The average molecular weight is 321 g/mol. The molecule has 1 aromatic heterocycles. The van der Waals surface area contributed by atoms with Gasteiger partial charge in [0.1, 0.15) is 10.6 Å². The molecule has 1 saturated carbocycles. The maximum Gasteiger partial charge on any atom is 0.268 e. The Morgan fingerprint density at radius 2 is 2.25 bits per heavy atom. The molecule has 0 bridgehead atoms. The second-order valence-corrected chi connectivity index (χ2v) is 7.46. The Labute approximate surface area is 122 Å². The maximum atomic E-state index is 12.1. The van der Waals surface area contributed by atoms with Crippen molar-refractivity contribution in [2.75, 3.05) is 13.7 Å². The van der Waals surface area contributed by atoms with Gasteiger partial charge >= 0.3 is 0 Å². The van der Waals surface area contributed by atoms with Gasteiger partial charge in [0.2, 0.25) is 0 Å². The summed E-state index contributed by atoms with van der Waals surface area (Å²) >= 11 is 0. The van der Waals surface area contributed by atoms with Crippen molar-refractivity contribution in [2.45, 2.75) is 36.8 Å². The van der Waals surface area contributed by atoms with Crippen LogP contribution in [0.2, 0.25) is 0 Å². The van der Waals surface area contributed by atoms with E-state index in [-0.39, 0.29) is 22.9 Å². The number of rotatable bonds is 6. The largest absolute Gasteiger partial charge is 0.380 e. The number of ether oxygens (including phenoxy) is 1. The first-order valence-corrected chi connectivity index (χ1v) is 8.61. The van der Waals surface area contributed by atoms with E-state index in [1.54, 1.807) is 11.7 Å². The fourth-order valence-corrected chi connectivity index (χ4v) is 2.58. The Morgan fingerprint density at radius 3 is 2.75 bits per heavy atom. The van der Waals surface area contributed by atoms with Crippen LogP contribution in [0.4, 0.5) is 0 Å². The number of methoxy groups -OCH3 is 1. The van der Waals surface area contributed by atoms with Gasteiger partial charge in [0.25, 0.3) is 15.0 Å². The number of hydrogen-bond donors (Lipinski definition) is 1. The molecule has 1 heterocycles. The van der Waals surface area contributed by atoms with E-state index in [1.807, 2.05) is 6.92 Å². The first kappa shape index (κ1) is 15.3. The molecule has 0 aliphatic heterocycles. The third-order valence-corrected chi connectivity index (χ3v) is 4.55. The van der Waals surface area contributed by atoms with E-state index in [0.717, 1.165) is 12.8 Å². The van der Waals surface area contributed by atoms with Crippen LogP contribution in [0.3, 0.4) is 0 Å². The highest BCUT2D eigenvalue weighted by atomic mass is 35.7. The normalized spacial score (nSPS) is 16.9. The van der Waals surface area contributed by atoms with Crippen LogP contribution in [0.1, 0.15) is 36.3 Å². The lowest BCUT2D eigenvalue weighted by Crippen LogP contribution is -2.32. The van der Waals surface area contributed by atoms with Crippen molar-refractivity contribution in [3.8, 4) is 0 Å². The van der Waals surface area contributed by atoms with Crippen molar-refractivity contribution < 1.29 is 17.9 Å². The van der Waals surface area contributed by atoms with Crippen molar-refractivity contribution in [1.82, 2.24) is 9.88 Å². The zero-order valence-corrected chi connectivity index (χ0v) is 12.9. The summed E-state index contributed by atoms with van der Waals surface area (Å²) in [6.45, 7) is 2.18. The van der Waals surface area contributed by atoms with Crippen LogP contribution in [0.25, 0.3) is 0 Å². The Kier molecular flexibility index (Phi) is 4.41. The topological polar surface area (TPSA) is 77.4 Å². The summed E-state index contributed by atoms with van der Waals surface area (Å²) in [4.78, 5) is 12.1. The standard InChI is InChI=1S/C12H17ClN2O4S/c1-8(19-2)6-14-12(16)11-5-10(20(13,17)18)7-15(11)9-3-4-9/h5,7-9H,3-4,6H2,1-2H3,(H,14,16). The molecule has 1 aliphatic carbocycles. The van der Waals surface area contributed by atoms with Gasteiger partial charge in [-0.05, 0) is 25.8 Å². The van der Waals surface area contributed by atoms with E-state index >= 15 is 0 Å². The van der Waals surface area contributed by atoms with E-state index in [9.17, 15) is 13.2 Å². The van der Waals surface area contributed by atoms with Crippen LogP contribution in [-0.2, 0) is 13.8 Å². The molecule has 6 nitrogen and oxygen atoms in total. The van der Waals surface area contributed by atoms with Gasteiger partial charge in [0.15, 0.2) is 0 Å². The lowest BCUT2D eigenvalue weighted by molar-refractivity contribution is 0.0862. The fraction of sp³-hybridized carbons (Fsp3) is 0.583. The summed E-state index contributed by atoms with van der Waals surface area (Å²) in [5, 5.41) is 2.71. The number of amides is 1. The lowest BCUT2D eigenvalue weighted by Gasteiger charge is -2.12. The third kappa shape index (κ3) is 3.53. The number of nitrogens with zero attached hydrogens (tertiary/aromatic N) is 1. The molecule has 1 atom stereocenters. The first-order valence-electron chi connectivity index (χ1n) is 6.30. The maximum absolute atomic E-state index is 12.1. The molecule has 0 saturated heterocycles. The minimum atomic E-state index is -3.83. The molecule has 0 radical (unpaired) electrons. The Hall–Kier alpha value is -1.05. The van der Waals surface area contributed by atoms with Gasteiger partial charge in [0, 0.05) is 36.6 Å². The highest BCUT2D eigenvalue weighted by Crippen LogP contribution is 2.37. The summed E-state index contributed by atoms with van der Waals surface area (Å²) in [6.07, 6.45) is 3.19. The minimum Gasteiger partial charge on any atom is -0.380 e. The van der Waals surface area contributed by atoms with Gasteiger partial charge in [-0.1, -0.05) is 0 Å². The minimum absolute atomic E-state index is 0.0454. The fourth-order valence-electron chi connectivity index (χ4n) is 1.83. The summed E-state index contributed by atoms with van der Waals surface area (Å²) in [5.74, 6) is -0.327. The summed E-state index contributed by atoms with van der Waals surface area (Å²) in [6, 6.07) is 1.50. The van der Waals surface area contributed by atoms with Crippen LogP contribution in [0.15, 0.2) is 17.2 Å². The van der Waals surface area contributed by atoms with Crippen molar-refractivity contribution >= 4 is 25.6 Å². The first-order chi connectivity index (χ1) is 9.32. The number of carbonyl (C=O) groups excluding carboxylic acids is 1. The zero-order valence-electron chi connectivity index (χ0n) is 11.3. The van der Waals surface area contributed by atoms with Crippen molar-refractivity contribution in [2.24, 2.45) is 0 Å². The molecule has 1 N–H and O–H groups in total. The van der Waals surface area contributed by atoms with Gasteiger partial charge in [-0.15, -0.1) is 0 Å². The summed E-state index contributed by atoms with van der Waals surface area (Å²) < 4.78 is 29.5. The molecule has 1 aliphatic rings. The average Bonchev–Trinajstić information content (AvgIpc) is 3.12. The molecule has 20 heavy (non-hydrogen) atoms. The number of nitrogens with one attached hydrogen (secondary N) is 1. The molecule has 0 spiro atoms. The highest BCUT2D eigenvalue weighted by Gasteiger charge is 2.30. The van der Waals surface area contributed by atoms with Crippen molar-refractivity contribution in [3.05, 3.63) is 18.0 Å². The number of halogens is 1. The smallest absolute Gasteiger partial charge is 0.268 e. The van der Waals surface area contributed by atoms with Gasteiger partial charge in [0.05, 0.1) is 6.10 Å². The Balaban J connectivity index is 2.21. The molecular weight excluding hydrogens is 304 g/mol. The SMILES string of the molecule is COC(C)CNC(=O)c1cc(S(=O)(=O)Cl)cn1C1CC1. The molecule has 1 unspecified atom stereocenters. The van der Waals surface area contributed by atoms with Crippen LogP contribution >= 0.6 is 10.7 Å². The van der Waals surface area contributed by atoms with Crippen LogP contribution in [0, 0.1) is 0 Å². The predicted octanol–water partition coefficient (Wildman–Crippen LogP) is 1.52. The number of aromatic nitrogens is 1.